The number of carbonyl (C=O) groups is 2. The summed E-state index contributed by atoms with van der Waals surface area (Å²) in [4.78, 5) is 26.9. The van der Waals surface area contributed by atoms with Crippen molar-refractivity contribution >= 4 is 17.8 Å². The maximum atomic E-state index is 11.7. The third-order valence-corrected chi connectivity index (χ3v) is 2.27. The van der Waals surface area contributed by atoms with Gasteiger partial charge in [-0.05, 0) is 32.9 Å². The van der Waals surface area contributed by atoms with Crippen molar-refractivity contribution in [1.82, 2.24) is 15.6 Å². The zero-order valence-corrected chi connectivity index (χ0v) is 11.2. The van der Waals surface area contributed by atoms with Crippen molar-refractivity contribution < 1.29 is 14.3 Å². The largest absolute Gasteiger partial charge is 0.477 e. The molecule has 1 aromatic rings. The second kappa shape index (κ2) is 6.58. The van der Waals surface area contributed by atoms with Crippen LogP contribution in [0.15, 0.2) is 12.1 Å². The Kier molecular flexibility index (Phi) is 5.11. The number of nitrogens with one attached hydrogen (secondary N) is 2. The Morgan fingerprint density at radius 2 is 2.16 bits per heavy atom. The van der Waals surface area contributed by atoms with E-state index < -0.39 is 18.0 Å². The minimum Gasteiger partial charge on any atom is -0.477 e. The summed E-state index contributed by atoms with van der Waals surface area (Å²) in [7, 11) is 0. The second-order valence-electron chi connectivity index (χ2n) is 3.94. The Morgan fingerprint density at radius 1 is 1.47 bits per heavy atom. The fraction of sp³-hybridized carbons (Fsp3) is 0.417. The van der Waals surface area contributed by atoms with Crippen molar-refractivity contribution in [2.75, 3.05) is 12.3 Å². The van der Waals surface area contributed by atoms with Crippen LogP contribution in [0.2, 0.25) is 0 Å². The predicted molar refractivity (Wildman–Crippen MR) is 70.7 cm³/mol. The molecular weight excluding hydrogens is 248 g/mol. The fourth-order valence-corrected chi connectivity index (χ4v) is 1.33. The van der Waals surface area contributed by atoms with E-state index in [9.17, 15) is 9.59 Å². The van der Waals surface area contributed by atoms with E-state index in [2.05, 4.69) is 15.6 Å². The minimum atomic E-state index is -0.852. The molecule has 0 aliphatic rings. The van der Waals surface area contributed by atoms with E-state index in [0.29, 0.717) is 12.3 Å². The summed E-state index contributed by atoms with van der Waals surface area (Å²) < 4.78 is 5.36. The first kappa shape index (κ1) is 14.7. The van der Waals surface area contributed by atoms with Crippen LogP contribution in [-0.4, -0.2) is 29.6 Å². The molecule has 0 spiro atoms. The number of nitrogens with zero attached hydrogens (tertiary/aromatic N) is 1. The van der Waals surface area contributed by atoms with Gasteiger partial charge in [0.1, 0.15) is 0 Å². The Balaban J connectivity index is 2.61. The number of hydrogen-bond donors (Lipinski definition) is 3. The van der Waals surface area contributed by atoms with E-state index in [4.69, 9.17) is 10.5 Å². The van der Waals surface area contributed by atoms with Crippen molar-refractivity contribution in [3.8, 4) is 5.75 Å². The molecular formula is C12H18N4O3. The Bertz CT molecular complexity index is 476. The molecule has 0 saturated carbocycles. The molecule has 104 valence electrons. The lowest BCUT2D eigenvalue weighted by molar-refractivity contribution is -0.126. The Morgan fingerprint density at radius 3 is 2.74 bits per heavy atom. The van der Waals surface area contributed by atoms with Gasteiger partial charge in [-0.25, -0.2) is 9.78 Å². The van der Waals surface area contributed by atoms with Crippen LogP contribution < -0.4 is 21.1 Å². The van der Waals surface area contributed by atoms with E-state index in [1.54, 1.807) is 26.0 Å². The molecule has 1 atom stereocenters. The van der Waals surface area contributed by atoms with Crippen LogP contribution >= 0.6 is 0 Å². The van der Waals surface area contributed by atoms with E-state index in [-0.39, 0.29) is 5.82 Å². The molecule has 1 unspecified atom stereocenters. The number of amides is 3. The number of imide groups is 1. The van der Waals surface area contributed by atoms with E-state index in [1.165, 1.54) is 6.92 Å². The second-order valence-corrected chi connectivity index (χ2v) is 3.94. The van der Waals surface area contributed by atoms with Crippen LogP contribution in [0.3, 0.4) is 0 Å². The normalized spacial score (nSPS) is 11.5. The Labute approximate surface area is 111 Å². The van der Waals surface area contributed by atoms with Gasteiger partial charge in [-0.3, -0.25) is 10.1 Å². The van der Waals surface area contributed by atoms with Crippen molar-refractivity contribution in [3.63, 3.8) is 0 Å². The maximum Gasteiger partial charge on any atom is 0.321 e. The number of carbonyl (C=O) groups excluding carboxylic acids is 2. The average molecular weight is 266 g/mol. The first-order valence-corrected chi connectivity index (χ1v) is 5.92. The van der Waals surface area contributed by atoms with E-state index in [1.807, 2.05) is 0 Å². The van der Waals surface area contributed by atoms with Crippen molar-refractivity contribution in [2.24, 2.45) is 0 Å². The number of pyridine rings is 1. The predicted octanol–water partition coefficient (Wildman–Crippen LogP) is 0.585. The molecule has 19 heavy (non-hydrogen) atoms. The van der Waals surface area contributed by atoms with Crippen molar-refractivity contribution in [3.05, 3.63) is 17.8 Å². The SMILES string of the molecule is CCNC(=O)NC(=O)C(C)Oc1ccc(C)nc1N. The van der Waals surface area contributed by atoms with Crippen LogP contribution in [0.25, 0.3) is 0 Å². The van der Waals surface area contributed by atoms with Gasteiger partial charge in [0.2, 0.25) is 0 Å². The summed E-state index contributed by atoms with van der Waals surface area (Å²) in [5.41, 5.74) is 6.43. The number of aromatic nitrogens is 1. The molecule has 3 amide bonds. The van der Waals surface area contributed by atoms with Crippen LogP contribution in [0, 0.1) is 6.92 Å². The lowest BCUT2D eigenvalue weighted by Gasteiger charge is -2.15. The Hall–Kier alpha value is -2.31. The molecule has 7 nitrogen and oxygen atoms in total. The minimum absolute atomic E-state index is 0.206. The van der Waals surface area contributed by atoms with Gasteiger partial charge in [-0.2, -0.15) is 0 Å². The van der Waals surface area contributed by atoms with E-state index in [0.717, 1.165) is 5.69 Å². The van der Waals surface area contributed by atoms with Gasteiger partial charge in [0, 0.05) is 12.2 Å². The molecule has 0 aliphatic heterocycles. The third kappa shape index (κ3) is 4.46. The summed E-state index contributed by atoms with van der Waals surface area (Å²) in [5, 5.41) is 4.61. The summed E-state index contributed by atoms with van der Waals surface area (Å²) in [5.74, 6) is -0.0345. The monoisotopic (exact) mass is 266 g/mol. The van der Waals surface area contributed by atoms with Gasteiger partial charge in [0.25, 0.3) is 5.91 Å². The van der Waals surface area contributed by atoms with Crippen molar-refractivity contribution in [1.29, 1.82) is 0 Å². The van der Waals surface area contributed by atoms with Gasteiger partial charge < -0.3 is 15.8 Å². The number of aryl methyl sites for hydroxylation is 1. The summed E-state index contributed by atoms with van der Waals surface area (Å²) in [6.45, 7) is 5.51. The number of hydrogen-bond acceptors (Lipinski definition) is 5. The molecule has 0 aliphatic carbocycles. The molecule has 0 saturated heterocycles. The van der Waals surface area contributed by atoms with Crippen LogP contribution in [0.1, 0.15) is 19.5 Å². The number of rotatable bonds is 4. The average Bonchev–Trinajstić information content (AvgIpc) is 2.32. The number of ether oxygens (including phenoxy) is 1. The zero-order valence-electron chi connectivity index (χ0n) is 11.2. The first-order chi connectivity index (χ1) is 8.93. The summed E-state index contributed by atoms with van der Waals surface area (Å²) >= 11 is 0. The van der Waals surface area contributed by atoms with Crippen LogP contribution in [-0.2, 0) is 4.79 Å². The molecule has 1 aromatic heterocycles. The number of nitrogens with two attached hydrogens (primary N) is 1. The zero-order chi connectivity index (χ0) is 14.4. The number of nitrogen functional groups attached to an aromatic ring is 1. The number of anilines is 1. The van der Waals surface area contributed by atoms with Gasteiger partial charge in [0.05, 0.1) is 0 Å². The van der Waals surface area contributed by atoms with Gasteiger partial charge in [-0.1, -0.05) is 0 Å². The molecule has 0 aromatic carbocycles. The molecule has 4 N–H and O–H groups in total. The highest BCUT2D eigenvalue weighted by molar-refractivity contribution is 5.96. The molecule has 1 heterocycles. The lowest BCUT2D eigenvalue weighted by atomic mass is 10.3. The first-order valence-electron chi connectivity index (χ1n) is 5.92. The quantitative estimate of drug-likeness (QED) is 0.739. The topological polar surface area (TPSA) is 106 Å². The molecule has 7 heteroatoms. The highest BCUT2D eigenvalue weighted by atomic mass is 16.5. The van der Waals surface area contributed by atoms with Gasteiger partial charge >= 0.3 is 6.03 Å². The molecule has 0 bridgehead atoms. The van der Waals surface area contributed by atoms with Crippen LogP contribution in [0.5, 0.6) is 5.75 Å². The summed E-state index contributed by atoms with van der Waals surface area (Å²) in [6.07, 6.45) is -0.852. The third-order valence-electron chi connectivity index (χ3n) is 2.27. The smallest absolute Gasteiger partial charge is 0.321 e. The fourth-order valence-electron chi connectivity index (χ4n) is 1.33. The molecule has 0 radical (unpaired) electrons. The molecule has 0 fully saturated rings. The highest BCUT2D eigenvalue weighted by Crippen LogP contribution is 2.20. The lowest BCUT2D eigenvalue weighted by Crippen LogP contribution is -2.45. The highest BCUT2D eigenvalue weighted by Gasteiger charge is 2.18. The van der Waals surface area contributed by atoms with Crippen LogP contribution in [0.4, 0.5) is 10.6 Å². The van der Waals surface area contributed by atoms with E-state index >= 15 is 0 Å². The summed E-state index contributed by atoms with van der Waals surface area (Å²) in [6, 6.07) is 2.80. The van der Waals surface area contributed by atoms with Gasteiger partial charge in [-0.15, -0.1) is 0 Å². The maximum absolute atomic E-state index is 11.7. The standard InChI is InChI=1S/C12H18N4O3/c1-4-14-12(18)16-11(17)8(3)19-9-6-5-7(2)15-10(9)13/h5-6,8H,4H2,1-3H3,(H2,13,15)(H2,14,16,17,18). The van der Waals surface area contributed by atoms with Crippen molar-refractivity contribution in [2.45, 2.75) is 26.9 Å². The number of urea groups is 1. The molecule has 1 rings (SSSR count). The van der Waals surface area contributed by atoms with Gasteiger partial charge in [0.15, 0.2) is 17.7 Å².